The Labute approximate surface area is 113 Å². The van der Waals surface area contributed by atoms with E-state index in [9.17, 15) is 0 Å². The molecule has 2 rings (SSSR count). The van der Waals surface area contributed by atoms with E-state index in [-0.39, 0.29) is 0 Å². The van der Waals surface area contributed by atoms with E-state index in [4.69, 9.17) is 16.6 Å². The second kappa shape index (κ2) is 5.72. The van der Waals surface area contributed by atoms with Crippen LogP contribution in [0.4, 0.5) is 4.69 Å². The number of hydrogen-bond donors (Lipinski definition) is 0. The van der Waals surface area contributed by atoms with Gasteiger partial charge < -0.3 is 0 Å². The van der Waals surface area contributed by atoms with Gasteiger partial charge in [0.05, 0.1) is 0 Å². The molecule has 0 spiro atoms. The van der Waals surface area contributed by atoms with Crippen LogP contribution in [-0.4, -0.2) is 32.6 Å². The number of benzene rings is 1. The first kappa shape index (κ1) is 12.7. The summed E-state index contributed by atoms with van der Waals surface area (Å²) in [6.07, 6.45) is 0. The van der Waals surface area contributed by atoms with Crippen molar-refractivity contribution in [3.05, 3.63) is 34.2 Å². The fourth-order valence-electron chi connectivity index (χ4n) is 1.66. The van der Waals surface area contributed by atoms with Gasteiger partial charge in [-0.3, -0.25) is 0 Å². The van der Waals surface area contributed by atoms with E-state index in [1.165, 1.54) is 4.69 Å². The molecule has 0 fully saturated rings. The van der Waals surface area contributed by atoms with E-state index in [1.807, 2.05) is 24.3 Å². The van der Waals surface area contributed by atoms with Gasteiger partial charge in [0.25, 0.3) is 0 Å². The summed E-state index contributed by atoms with van der Waals surface area (Å²) < 4.78 is 1.23. The molecule has 1 aromatic carbocycles. The Morgan fingerprint density at radius 3 is 2.41 bits per heavy atom. The number of anilines is 1. The molecule has 0 saturated carbocycles. The van der Waals surface area contributed by atoms with Crippen LogP contribution < -0.4 is 4.90 Å². The van der Waals surface area contributed by atoms with Crippen LogP contribution in [0.3, 0.4) is 0 Å². The molecule has 0 N–H and O–H groups in total. The Bertz CT molecular complexity index is 474. The quantitative estimate of drug-likeness (QED) is 0.805. The fraction of sp³-hybridized carbons (Fsp3) is 0.308. The first-order valence-corrected chi connectivity index (χ1v) is 7.93. The van der Waals surface area contributed by atoms with Gasteiger partial charge in [-0.15, -0.1) is 0 Å². The van der Waals surface area contributed by atoms with Crippen LogP contribution >= 0.6 is 11.6 Å². The third-order valence-electron chi connectivity index (χ3n) is 2.67. The Balaban J connectivity index is 2.26. The molecule has 0 saturated heterocycles. The van der Waals surface area contributed by atoms with E-state index in [0.717, 1.165) is 29.4 Å². The van der Waals surface area contributed by atoms with Crippen molar-refractivity contribution in [3.63, 3.8) is 0 Å². The molecule has 0 aliphatic carbocycles. The van der Waals surface area contributed by atoms with Gasteiger partial charge in [-0.1, -0.05) is 0 Å². The number of hydrogen-bond acceptors (Lipinski definition) is 2. The van der Waals surface area contributed by atoms with Gasteiger partial charge in [0.2, 0.25) is 0 Å². The zero-order valence-electron chi connectivity index (χ0n) is 9.98. The normalized spacial score (nSPS) is 10.5. The predicted octanol–water partition coefficient (Wildman–Crippen LogP) is 3.31. The van der Waals surface area contributed by atoms with Crippen molar-refractivity contribution in [2.45, 2.75) is 13.8 Å². The summed E-state index contributed by atoms with van der Waals surface area (Å²) in [5.41, 5.74) is 2.24. The van der Waals surface area contributed by atoms with E-state index in [2.05, 4.69) is 23.7 Å². The molecule has 2 aromatic rings. The van der Waals surface area contributed by atoms with Crippen molar-refractivity contribution >= 4 is 30.8 Å². The Morgan fingerprint density at radius 1 is 1.18 bits per heavy atom. The molecular formula is C13H15ClN2Se. The number of halogens is 1. The summed E-state index contributed by atoms with van der Waals surface area (Å²) in [4.78, 5) is 9.28. The summed E-state index contributed by atoms with van der Waals surface area (Å²) in [6.45, 7) is 6.39. The van der Waals surface area contributed by atoms with Crippen molar-refractivity contribution < 1.29 is 0 Å². The average molecular weight is 314 g/mol. The zero-order chi connectivity index (χ0) is 12.3. The predicted molar refractivity (Wildman–Crippen MR) is 75.2 cm³/mol. The maximum absolute atomic E-state index is 5.88. The molecule has 0 aliphatic rings. The molecular weight excluding hydrogens is 299 g/mol. The second-order valence-corrected chi connectivity index (χ2v) is 5.89. The van der Waals surface area contributed by atoms with Crippen molar-refractivity contribution in [3.8, 4) is 11.3 Å². The summed E-state index contributed by atoms with van der Waals surface area (Å²) in [6, 6.07) is 7.88. The topological polar surface area (TPSA) is 16.1 Å². The summed E-state index contributed by atoms with van der Waals surface area (Å²) in [5.74, 6) is 0. The summed E-state index contributed by atoms with van der Waals surface area (Å²) in [7, 11) is 0. The van der Waals surface area contributed by atoms with Gasteiger partial charge in [0, 0.05) is 0 Å². The number of nitrogens with zero attached hydrogens (tertiary/aromatic N) is 2. The molecule has 0 bridgehead atoms. The molecule has 1 aromatic heterocycles. The molecule has 1 heterocycles. The molecule has 0 aliphatic heterocycles. The van der Waals surface area contributed by atoms with Gasteiger partial charge in [0.1, 0.15) is 0 Å². The molecule has 0 amide bonds. The van der Waals surface area contributed by atoms with Gasteiger partial charge >= 0.3 is 113 Å². The second-order valence-electron chi connectivity index (χ2n) is 3.69. The Morgan fingerprint density at radius 2 is 1.82 bits per heavy atom. The SMILES string of the molecule is CCN(CC)c1nc(-c2ccc(Cl)cc2)c[se]1. The molecule has 17 heavy (non-hydrogen) atoms. The Kier molecular flexibility index (Phi) is 4.27. The molecule has 2 nitrogen and oxygen atoms in total. The minimum absolute atomic E-state index is 0.362. The average Bonchev–Trinajstić information content (AvgIpc) is 2.81. The van der Waals surface area contributed by atoms with Crippen LogP contribution in [0, 0.1) is 0 Å². The van der Waals surface area contributed by atoms with Crippen molar-refractivity contribution in [2.75, 3.05) is 18.0 Å². The van der Waals surface area contributed by atoms with E-state index >= 15 is 0 Å². The van der Waals surface area contributed by atoms with Gasteiger partial charge in [-0.05, 0) is 0 Å². The van der Waals surface area contributed by atoms with E-state index in [1.54, 1.807) is 0 Å². The van der Waals surface area contributed by atoms with Crippen molar-refractivity contribution in [1.29, 1.82) is 0 Å². The van der Waals surface area contributed by atoms with Crippen LogP contribution in [0.5, 0.6) is 0 Å². The molecule has 4 heteroatoms. The Hall–Kier alpha value is -0.761. The monoisotopic (exact) mass is 314 g/mol. The van der Waals surface area contributed by atoms with Crippen molar-refractivity contribution in [2.24, 2.45) is 0 Å². The van der Waals surface area contributed by atoms with Crippen LogP contribution in [0.15, 0.2) is 29.2 Å². The van der Waals surface area contributed by atoms with Crippen LogP contribution in [0.2, 0.25) is 5.02 Å². The number of aromatic nitrogens is 1. The van der Waals surface area contributed by atoms with Crippen molar-refractivity contribution in [1.82, 2.24) is 4.98 Å². The summed E-state index contributed by atoms with van der Waals surface area (Å²) in [5, 5.41) is 0.769. The third-order valence-corrected chi connectivity index (χ3v) is 4.81. The van der Waals surface area contributed by atoms with Crippen LogP contribution in [0.25, 0.3) is 11.3 Å². The van der Waals surface area contributed by atoms with Gasteiger partial charge in [-0.2, -0.15) is 0 Å². The third kappa shape index (κ3) is 2.92. The van der Waals surface area contributed by atoms with Crippen LogP contribution in [-0.2, 0) is 0 Å². The molecule has 0 radical (unpaired) electrons. The molecule has 0 atom stereocenters. The fourth-order valence-corrected chi connectivity index (χ4v) is 3.81. The van der Waals surface area contributed by atoms with Gasteiger partial charge in [0.15, 0.2) is 0 Å². The standard InChI is InChI=1S/C13H15ClN2Se/c1-3-16(4-2)13-15-12(9-17-13)10-5-7-11(14)8-6-10/h5-9H,3-4H2,1-2H3. The number of rotatable bonds is 4. The summed E-state index contributed by atoms with van der Waals surface area (Å²) >= 11 is 6.24. The maximum atomic E-state index is 5.88. The molecule has 0 unspecified atom stereocenters. The van der Waals surface area contributed by atoms with E-state index in [0.29, 0.717) is 14.5 Å². The first-order chi connectivity index (χ1) is 8.24. The zero-order valence-corrected chi connectivity index (χ0v) is 12.5. The van der Waals surface area contributed by atoms with E-state index < -0.39 is 0 Å². The molecule has 90 valence electrons. The van der Waals surface area contributed by atoms with Crippen LogP contribution in [0.1, 0.15) is 13.8 Å². The minimum atomic E-state index is 0.362. The first-order valence-electron chi connectivity index (χ1n) is 5.71. The van der Waals surface area contributed by atoms with Gasteiger partial charge in [-0.25, -0.2) is 0 Å².